The summed E-state index contributed by atoms with van der Waals surface area (Å²) in [4.78, 5) is 1.78. The summed E-state index contributed by atoms with van der Waals surface area (Å²) in [5, 5.41) is 19.0. The van der Waals surface area contributed by atoms with Crippen LogP contribution in [0.15, 0.2) is 133 Å². The molecule has 0 spiro atoms. The van der Waals surface area contributed by atoms with Gasteiger partial charge in [-0.15, -0.1) is 12.8 Å². The van der Waals surface area contributed by atoms with Gasteiger partial charge in [0, 0.05) is 22.6 Å². The first-order valence-electron chi connectivity index (χ1n) is 12.7. The van der Waals surface area contributed by atoms with E-state index in [9.17, 15) is 10.2 Å². The number of thiocarbonyl (C=S) groups is 2. The minimum atomic E-state index is 0. The first-order valence-corrected chi connectivity index (χ1v) is 13.5. The van der Waals surface area contributed by atoms with Crippen LogP contribution in [0.2, 0.25) is 0 Å². The van der Waals surface area contributed by atoms with Gasteiger partial charge in [-0.3, -0.25) is 12.2 Å². The van der Waals surface area contributed by atoms with Crippen LogP contribution in [0.25, 0.3) is 0 Å². The first kappa shape index (κ1) is 33.8. The molecule has 0 radical (unpaired) electrons. The van der Waals surface area contributed by atoms with Crippen molar-refractivity contribution in [1.29, 1.82) is 0 Å². The predicted molar refractivity (Wildman–Crippen MR) is 169 cm³/mol. The smallest absolute Gasteiger partial charge is 0.504 e. The Labute approximate surface area is 272 Å². The molecule has 41 heavy (non-hydrogen) atoms. The van der Waals surface area contributed by atoms with Crippen LogP contribution in [0, 0.1) is 12.2 Å². The van der Waals surface area contributed by atoms with Crippen molar-refractivity contribution >= 4 is 34.2 Å². The molecule has 2 N–H and O–H groups in total. The van der Waals surface area contributed by atoms with Gasteiger partial charge in [0.15, 0.2) is 23.0 Å². The van der Waals surface area contributed by atoms with Gasteiger partial charge in [-0.25, -0.2) is 24.3 Å². The van der Waals surface area contributed by atoms with Crippen LogP contribution < -0.4 is 9.47 Å². The predicted octanol–water partition coefficient (Wildman–Crippen LogP) is 8.58. The summed E-state index contributed by atoms with van der Waals surface area (Å²) in [6.07, 6.45) is 32.5. The number of hydrogen-bond donors (Lipinski definition) is 2. The molecular weight excluding hydrogens is 628 g/mol. The van der Waals surface area contributed by atoms with E-state index in [0.29, 0.717) is 23.0 Å². The molecule has 0 bridgehead atoms. The van der Waals surface area contributed by atoms with Crippen LogP contribution >= 0.6 is 24.4 Å². The summed E-state index contributed by atoms with van der Waals surface area (Å²) >= 11 is 10.0. The number of phenols is 2. The molecule has 0 amide bonds. The van der Waals surface area contributed by atoms with Crippen LogP contribution in [-0.4, -0.2) is 19.9 Å². The first-order chi connectivity index (χ1) is 19.5. The Balaban J connectivity index is 0.000000211. The summed E-state index contributed by atoms with van der Waals surface area (Å²) in [5.41, 5.74) is 0. The van der Waals surface area contributed by atoms with Gasteiger partial charge >= 0.3 is 26.2 Å². The van der Waals surface area contributed by atoms with Crippen LogP contribution in [0.4, 0.5) is 0 Å². The quantitative estimate of drug-likeness (QED) is 0.254. The van der Waals surface area contributed by atoms with Gasteiger partial charge < -0.3 is 19.7 Å². The number of phenolic OH excluding ortho intramolecular Hbond substituents is 2. The fourth-order valence-corrected chi connectivity index (χ4v) is 3.50. The average Bonchev–Trinajstić information content (AvgIpc) is 3.74. The molecule has 0 saturated heterocycles. The van der Waals surface area contributed by atoms with E-state index in [0.717, 1.165) is 35.4 Å². The Kier molecular flexibility index (Phi) is 16.2. The molecule has 0 unspecified atom stereocenters. The fraction of sp³-hybridized carbons (Fsp3) is 0.118. The third-order valence-corrected chi connectivity index (χ3v) is 5.84. The maximum Gasteiger partial charge on any atom is 2.00 e. The van der Waals surface area contributed by atoms with E-state index in [4.69, 9.17) is 33.9 Å². The van der Waals surface area contributed by atoms with Crippen LogP contribution in [0.1, 0.15) is 25.7 Å². The zero-order valence-electron chi connectivity index (χ0n) is 22.4. The van der Waals surface area contributed by atoms with Crippen molar-refractivity contribution < 1.29 is 45.9 Å². The third kappa shape index (κ3) is 13.7. The molecule has 0 heterocycles. The van der Waals surface area contributed by atoms with Gasteiger partial charge in [0.25, 0.3) is 0 Å². The molecule has 0 saturated carbocycles. The van der Waals surface area contributed by atoms with Crippen molar-refractivity contribution in [3.63, 3.8) is 0 Å². The van der Waals surface area contributed by atoms with E-state index < -0.39 is 0 Å². The molecule has 206 valence electrons. The van der Waals surface area contributed by atoms with E-state index in [2.05, 4.69) is 24.3 Å². The van der Waals surface area contributed by atoms with Crippen molar-refractivity contribution in [3.05, 3.63) is 145 Å². The topological polar surface area (TPSA) is 58.9 Å². The Morgan fingerprint density at radius 3 is 1.29 bits per heavy atom. The standard InChI is InChI=1S/2C12H10O2S.2C5H5.Zr/c2*13-11-3-1-2-4-12(11)14-9-5-7-10(15)8-6-9;2*1-2-4-5-3-1;/h2*1-7,13H,8H2;2*1-3H,4H2;/q;;2*-1;+2. The summed E-state index contributed by atoms with van der Waals surface area (Å²) in [6, 6.07) is 13.7. The largest absolute Gasteiger partial charge is 2.00 e. The second-order valence-electron chi connectivity index (χ2n) is 8.37. The molecule has 6 rings (SSSR count). The van der Waals surface area contributed by atoms with E-state index in [-0.39, 0.29) is 37.7 Å². The molecule has 4 aliphatic rings. The monoisotopic (exact) mass is 656 g/mol. The molecule has 4 nitrogen and oxygen atoms in total. The van der Waals surface area contributed by atoms with E-state index in [1.807, 2.05) is 60.7 Å². The van der Waals surface area contributed by atoms with E-state index >= 15 is 0 Å². The maximum absolute atomic E-state index is 9.49. The minimum absolute atomic E-state index is 0. The Bertz CT molecular complexity index is 1280. The van der Waals surface area contributed by atoms with E-state index in [1.165, 1.54) is 0 Å². The third-order valence-electron chi connectivity index (χ3n) is 5.23. The van der Waals surface area contributed by atoms with Gasteiger partial charge in [0.05, 0.1) is 0 Å². The molecule has 0 aliphatic heterocycles. The Hall–Kier alpha value is -3.38. The van der Waals surface area contributed by atoms with Crippen molar-refractivity contribution in [3.8, 4) is 23.0 Å². The summed E-state index contributed by atoms with van der Waals surface area (Å²) in [5.74, 6) is 2.62. The van der Waals surface area contributed by atoms with Gasteiger partial charge in [-0.2, -0.15) is 12.2 Å². The molecule has 4 aliphatic carbocycles. The van der Waals surface area contributed by atoms with Gasteiger partial charge in [0.1, 0.15) is 11.5 Å². The van der Waals surface area contributed by atoms with Crippen LogP contribution in [0.5, 0.6) is 23.0 Å². The normalized spacial score (nSPS) is 15.2. The number of ether oxygens (including phenoxy) is 2. The van der Waals surface area contributed by atoms with Crippen LogP contribution in [0.3, 0.4) is 0 Å². The van der Waals surface area contributed by atoms with Crippen molar-refractivity contribution in [1.82, 2.24) is 0 Å². The molecule has 7 heteroatoms. The molecule has 2 aromatic carbocycles. The zero-order valence-corrected chi connectivity index (χ0v) is 26.5. The van der Waals surface area contributed by atoms with E-state index in [1.54, 1.807) is 48.6 Å². The minimum Gasteiger partial charge on any atom is -0.504 e. The Morgan fingerprint density at radius 2 is 1.02 bits per heavy atom. The number of aromatic hydroxyl groups is 2. The second-order valence-corrected chi connectivity index (χ2v) is 9.41. The second kappa shape index (κ2) is 19.7. The SMILES string of the molecule is Oc1ccccc1OC1=CCC(=S)C=C1.Oc1ccccc1OC1=CCC(=S)C=C1.[C-]1=CC=CC1.[C-]1=CC=CC1.[Zr+2]. The number of para-hydroxylation sites is 4. The van der Waals surface area contributed by atoms with Crippen molar-refractivity contribution in [2.45, 2.75) is 25.7 Å². The zero-order chi connectivity index (χ0) is 28.4. The van der Waals surface area contributed by atoms with Gasteiger partial charge in [-0.1, -0.05) is 48.7 Å². The molecule has 0 atom stereocenters. The molecule has 2 aromatic rings. The average molecular weight is 658 g/mol. The fourth-order valence-electron chi connectivity index (χ4n) is 3.20. The Morgan fingerprint density at radius 1 is 0.610 bits per heavy atom. The van der Waals surface area contributed by atoms with Gasteiger partial charge in [-0.05, 0) is 60.7 Å². The van der Waals surface area contributed by atoms with Crippen molar-refractivity contribution in [2.75, 3.05) is 0 Å². The van der Waals surface area contributed by atoms with Crippen molar-refractivity contribution in [2.24, 2.45) is 0 Å². The summed E-state index contributed by atoms with van der Waals surface area (Å²) in [6.45, 7) is 0. The molecular formula is C34H30O4S2Zr. The number of allylic oxidation sites excluding steroid dienone is 14. The molecule has 0 aromatic heterocycles. The number of rotatable bonds is 4. The molecule has 0 fully saturated rings. The van der Waals surface area contributed by atoms with Gasteiger partial charge in [0.2, 0.25) is 0 Å². The van der Waals surface area contributed by atoms with Crippen LogP contribution in [-0.2, 0) is 26.2 Å². The number of hydrogen-bond acceptors (Lipinski definition) is 6. The maximum atomic E-state index is 9.49. The summed E-state index contributed by atoms with van der Waals surface area (Å²) in [7, 11) is 0. The summed E-state index contributed by atoms with van der Waals surface area (Å²) < 4.78 is 11.0. The number of benzene rings is 2.